The summed E-state index contributed by atoms with van der Waals surface area (Å²) >= 11 is 6.41. The number of hydrogen-bond acceptors (Lipinski definition) is 1. The van der Waals surface area contributed by atoms with Gasteiger partial charge in [0.25, 0.3) is 0 Å². The molecule has 0 spiro atoms. The second kappa shape index (κ2) is 7.03. The minimum atomic E-state index is -0.298. The minimum Gasteiger partial charge on any atom is -0.382 e. The molecule has 1 N–H and O–H groups in total. The molecule has 0 saturated carbocycles. The van der Waals surface area contributed by atoms with Gasteiger partial charge in [0.15, 0.2) is 0 Å². The van der Waals surface area contributed by atoms with Gasteiger partial charge in [-0.2, -0.15) is 0 Å². The predicted octanol–water partition coefficient (Wildman–Crippen LogP) is 2.66. The number of aliphatic hydroxyl groups is 1. The van der Waals surface area contributed by atoms with Crippen LogP contribution in [0.25, 0.3) is 0 Å². The lowest BCUT2D eigenvalue weighted by atomic mass is 10.2. The van der Waals surface area contributed by atoms with Crippen LogP contribution in [0, 0.1) is 0 Å². The third-order valence-corrected chi connectivity index (χ3v) is 2.09. The van der Waals surface area contributed by atoms with Crippen LogP contribution in [0.15, 0.2) is 0 Å². The highest BCUT2D eigenvalue weighted by atomic mass is 79.9. The van der Waals surface area contributed by atoms with E-state index in [-0.39, 0.29) is 5.01 Å². The van der Waals surface area contributed by atoms with Gasteiger partial charge < -0.3 is 5.11 Å². The van der Waals surface area contributed by atoms with Gasteiger partial charge in [-0.25, -0.2) is 0 Å². The molecule has 0 rings (SSSR count). The Hall–Kier alpha value is 0.920. The fourth-order valence-corrected chi connectivity index (χ4v) is 1.30. The van der Waals surface area contributed by atoms with Crippen molar-refractivity contribution in [3.8, 4) is 0 Å². The molecule has 1 nitrogen and oxygen atoms in total. The van der Waals surface area contributed by atoms with Crippen molar-refractivity contribution in [3.05, 3.63) is 0 Å². The Bertz CT molecular complexity index is 57.0. The second-order valence-corrected chi connectivity index (χ2v) is 3.82. The van der Waals surface area contributed by atoms with Gasteiger partial charge in [-0.05, 0) is 19.3 Å². The molecule has 0 aromatic carbocycles. The van der Waals surface area contributed by atoms with Crippen LogP contribution in [0.2, 0.25) is 0 Å². The van der Waals surface area contributed by atoms with Crippen molar-refractivity contribution in [2.75, 3.05) is 5.33 Å². The Kier molecular flexibility index (Phi) is 7.75. The molecule has 0 fully saturated rings. The zero-order valence-electron chi connectivity index (χ0n) is 5.32. The Labute approximate surface area is 73.1 Å². The molecule has 0 saturated heterocycles. The maximum Gasteiger partial charge on any atom is 0.109 e. The fourth-order valence-electron chi connectivity index (χ4n) is 0.584. The number of rotatable bonds is 5. The van der Waals surface area contributed by atoms with Crippen LogP contribution in [0.4, 0.5) is 0 Å². The summed E-state index contributed by atoms with van der Waals surface area (Å²) in [4.78, 5) is 0. The lowest BCUT2D eigenvalue weighted by Gasteiger charge is -1.99. The lowest BCUT2D eigenvalue weighted by Crippen LogP contribution is -1.93. The van der Waals surface area contributed by atoms with Crippen molar-refractivity contribution in [1.82, 2.24) is 0 Å². The summed E-state index contributed by atoms with van der Waals surface area (Å²) in [5.41, 5.74) is 0. The average Bonchev–Trinajstić information content (AvgIpc) is 1.80. The Morgan fingerprint density at radius 2 is 1.89 bits per heavy atom. The van der Waals surface area contributed by atoms with Crippen LogP contribution >= 0.6 is 31.9 Å². The van der Waals surface area contributed by atoms with E-state index >= 15 is 0 Å². The van der Waals surface area contributed by atoms with Crippen LogP contribution in [0.5, 0.6) is 0 Å². The second-order valence-electron chi connectivity index (χ2n) is 1.97. The van der Waals surface area contributed by atoms with E-state index in [0.717, 1.165) is 18.2 Å². The number of unbranched alkanes of at least 4 members (excludes halogenated alkanes) is 2. The van der Waals surface area contributed by atoms with Crippen molar-refractivity contribution < 1.29 is 5.11 Å². The van der Waals surface area contributed by atoms with E-state index in [1.807, 2.05) is 0 Å². The summed E-state index contributed by atoms with van der Waals surface area (Å²) in [5.74, 6) is 0. The van der Waals surface area contributed by atoms with Gasteiger partial charge in [0.1, 0.15) is 5.01 Å². The molecule has 0 aromatic heterocycles. The highest BCUT2D eigenvalue weighted by molar-refractivity contribution is 9.09. The van der Waals surface area contributed by atoms with Gasteiger partial charge in [-0.3, -0.25) is 0 Å². The van der Waals surface area contributed by atoms with E-state index in [2.05, 4.69) is 31.9 Å². The molecule has 0 aliphatic carbocycles. The van der Waals surface area contributed by atoms with Crippen LogP contribution in [0.1, 0.15) is 25.7 Å². The van der Waals surface area contributed by atoms with Crippen molar-refractivity contribution in [2.45, 2.75) is 30.7 Å². The van der Waals surface area contributed by atoms with E-state index < -0.39 is 0 Å². The summed E-state index contributed by atoms with van der Waals surface area (Å²) in [6.07, 6.45) is 4.39. The molecule has 56 valence electrons. The summed E-state index contributed by atoms with van der Waals surface area (Å²) < 4.78 is 0. The van der Waals surface area contributed by atoms with E-state index in [1.165, 1.54) is 12.8 Å². The van der Waals surface area contributed by atoms with Crippen LogP contribution in [-0.4, -0.2) is 15.4 Å². The van der Waals surface area contributed by atoms with E-state index in [0.29, 0.717) is 0 Å². The first-order chi connectivity index (χ1) is 4.27. The third-order valence-electron chi connectivity index (χ3n) is 1.08. The molecule has 3 heteroatoms. The number of alkyl halides is 2. The summed E-state index contributed by atoms with van der Waals surface area (Å²) in [6, 6.07) is 0. The molecule has 0 aliphatic rings. The first-order valence-electron chi connectivity index (χ1n) is 3.15. The average molecular weight is 260 g/mol. The lowest BCUT2D eigenvalue weighted by molar-refractivity contribution is 0.254. The SMILES string of the molecule is OC(Br)CCCCCBr. The highest BCUT2D eigenvalue weighted by Gasteiger charge is 1.95. The smallest absolute Gasteiger partial charge is 0.109 e. The third kappa shape index (κ3) is 8.92. The monoisotopic (exact) mass is 258 g/mol. The maximum atomic E-state index is 8.76. The van der Waals surface area contributed by atoms with Gasteiger partial charge in [-0.15, -0.1) is 0 Å². The molecule has 0 radical (unpaired) electrons. The first-order valence-corrected chi connectivity index (χ1v) is 5.19. The minimum absolute atomic E-state index is 0.298. The standard InChI is InChI=1S/C6H12Br2O/c7-5-3-1-2-4-6(8)9/h6,9H,1-5H2. The predicted molar refractivity (Wildman–Crippen MR) is 47.2 cm³/mol. The zero-order valence-corrected chi connectivity index (χ0v) is 8.49. The molecule has 1 atom stereocenters. The van der Waals surface area contributed by atoms with Crippen molar-refractivity contribution in [3.63, 3.8) is 0 Å². The normalized spacial score (nSPS) is 13.7. The highest BCUT2D eigenvalue weighted by Crippen LogP contribution is 2.08. The Morgan fingerprint density at radius 1 is 1.22 bits per heavy atom. The fraction of sp³-hybridized carbons (Fsp3) is 1.00. The molecule has 9 heavy (non-hydrogen) atoms. The number of hydrogen-bond donors (Lipinski definition) is 1. The summed E-state index contributed by atoms with van der Waals surface area (Å²) in [5, 5.41) is 9.53. The molecule has 0 bridgehead atoms. The Balaban J connectivity index is 2.75. The van der Waals surface area contributed by atoms with Crippen LogP contribution in [-0.2, 0) is 0 Å². The zero-order chi connectivity index (χ0) is 7.11. The van der Waals surface area contributed by atoms with E-state index in [9.17, 15) is 0 Å². The van der Waals surface area contributed by atoms with Gasteiger partial charge in [-0.1, -0.05) is 38.3 Å². The van der Waals surface area contributed by atoms with Crippen LogP contribution < -0.4 is 0 Å². The quantitative estimate of drug-likeness (QED) is 0.595. The molecule has 0 aromatic rings. The number of halogens is 2. The van der Waals surface area contributed by atoms with Gasteiger partial charge in [0.05, 0.1) is 0 Å². The van der Waals surface area contributed by atoms with Crippen LogP contribution in [0.3, 0.4) is 0 Å². The molecule has 0 amide bonds. The summed E-state index contributed by atoms with van der Waals surface area (Å²) in [6.45, 7) is 0. The van der Waals surface area contributed by atoms with Crippen molar-refractivity contribution >= 4 is 31.9 Å². The molecule has 1 unspecified atom stereocenters. The maximum absolute atomic E-state index is 8.76. The van der Waals surface area contributed by atoms with E-state index in [1.54, 1.807) is 0 Å². The number of aliphatic hydroxyl groups excluding tert-OH is 1. The van der Waals surface area contributed by atoms with E-state index in [4.69, 9.17) is 5.11 Å². The van der Waals surface area contributed by atoms with Crippen molar-refractivity contribution in [1.29, 1.82) is 0 Å². The summed E-state index contributed by atoms with van der Waals surface area (Å²) in [7, 11) is 0. The topological polar surface area (TPSA) is 20.2 Å². The molecule has 0 heterocycles. The van der Waals surface area contributed by atoms with Gasteiger partial charge in [0, 0.05) is 5.33 Å². The molecular formula is C6H12Br2O. The Morgan fingerprint density at radius 3 is 2.33 bits per heavy atom. The molecule has 0 aliphatic heterocycles. The first kappa shape index (κ1) is 9.92. The van der Waals surface area contributed by atoms with Gasteiger partial charge in [0.2, 0.25) is 0 Å². The molecular weight excluding hydrogens is 248 g/mol. The largest absolute Gasteiger partial charge is 0.382 e. The van der Waals surface area contributed by atoms with Crippen molar-refractivity contribution in [2.24, 2.45) is 0 Å². The van der Waals surface area contributed by atoms with Gasteiger partial charge >= 0.3 is 0 Å².